The largest absolute Gasteiger partial charge is 0.493 e. The summed E-state index contributed by atoms with van der Waals surface area (Å²) in [5, 5.41) is 2.46. The van der Waals surface area contributed by atoms with Gasteiger partial charge in [-0.2, -0.15) is 0 Å². The molecule has 1 aliphatic heterocycles. The minimum absolute atomic E-state index is 0.138. The van der Waals surface area contributed by atoms with Gasteiger partial charge in [0.1, 0.15) is 12.4 Å². The number of esters is 1. The summed E-state index contributed by atoms with van der Waals surface area (Å²) in [6.45, 7) is 12.5. The van der Waals surface area contributed by atoms with E-state index in [9.17, 15) is 4.79 Å². The number of hydrogen-bond acceptors (Lipinski definition) is 5. The van der Waals surface area contributed by atoms with Crippen molar-refractivity contribution >= 4 is 16.7 Å². The third-order valence-electron chi connectivity index (χ3n) is 13.3. The van der Waals surface area contributed by atoms with Crippen molar-refractivity contribution in [3.8, 4) is 5.75 Å². The molecule has 0 radical (unpaired) electrons. The van der Waals surface area contributed by atoms with Crippen molar-refractivity contribution in [1.29, 1.82) is 0 Å². The Bertz CT molecular complexity index is 2010. The highest BCUT2D eigenvalue weighted by Crippen LogP contribution is 2.54. The van der Waals surface area contributed by atoms with E-state index in [-0.39, 0.29) is 23.9 Å². The summed E-state index contributed by atoms with van der Waals surface area (Å²) in [5.74, 6) is 2.96. The summed E-state index contributed by atoms with van der Waals surface area (Å²) < 4.78 is 18.2. The van der Waals surface area contributed by atoms with Crippen LogP contribution in [0.4, 0.5) is 0 Å². The Kier molecular flexibility index (Phi) is 13.1. The molecule has 6 atom stereocenters. The average molecular weight is 754 g/mol. The van der Waals surface area contributed by atoms with Crippen LogP contribution in [0.5, 0.6) is 5.75 Å². The summed E-state index contributed by atoms with van der Waals surface area (Å²) in [6.07, 6.45) is 19.5. The second kappa shape index (κ2) is 18.4. The number of hydrogen-bond donors (Lipinski definition) is 0. The van der Waals surface area contributed by atoms with Crippen molar-refractivity contribution in [2.75, 3.05) is 13.7 Å². The molecule has 0 spiro atoms. The first-order chi connectivity index (χ1) is 27.2. The summed E-state index contributed by atoms with van der Waals surface area (Å²) >= 11 is 0. The molecule has 0 N–H and O–H groups in total. The highest BCUT2D eigenvalue weighted by Gasteiger charge is 2.50. The van der Waals surface area contributed by atoms with Crippen LogP contribution in [0.25, 0.3) is 10.8 Å². The molecule has 2 heterocycles. The summed E-state index contributed by atoms with van der Waals surface area (Å²) in [6, 6.07) is 24.4. The maximum atomic E-state index is 13.0. The van der Waals surface area contributed by atoms with Gasteiger partial charge in [0.2, 0.25) is 0 Å². The van der Waals surface area contributed by atoms with E-state index in [0.29, 0.717) is 31.0 Å². The molecular weight excluding hydrogens is 691 g/mol. The third kappa shape index (κ3) is 10.0. The molecule has 0 amide bonds. The quantitative estimate of drug-likeness (QED) is 0.0867. The van der Waals surface area contributed by atoms with Gasteiger partial charge in [-0.3, -0.25) is 9.78 Å². The Morgan fingerprint density at radius 1 is 0.982 bits per heavy atom. The lowest BCUT2D eigenvalue weighted by atomic mass is 9.84. The van der Waals surface area contributed by atoms with Crippen LogP contribution in [-0.4, -0.2) is 30.8 Å². The maximum Gasteiger partial charge on any atom is 0.306 e. The number of ether oxygens (including phenoxy) is 3. The summed E-state index contributed by atoms with van der Waals surface area (Å²) in [5.41, 5.74) is 8.60. The highest BCUT2D eigenvalue weighted by molar-refractivity contribution is 5.82. The molecule has 2 aliphatic carbocycles. The first-order valence-corrected chi connectivity index (χ1v) is 21.5. The van der Waals surface area contributed by atoms with Gasteiger partial charge in [0.25, 0.3) is 0 Å². The normalized spacial score (nSPS) is 25.2. The fourth-order valence-corrected chi connectivity index (χ4v) is 9.43. The molecule has 2 fully saturated rings. The number of fused-ring (bicyclic) bond motifs is 7. The Labute approximate surface area is 336 Å². The van der Waals surface area contributed by atoms with Gasteiger partial charge in [-0.1, -0.05) is 100 Å². The van der Waals surface area contributed by atoms with Crippen LogP contribution < -0.4 is 4.74 Å². The van der Waals surface area contributed by atoms with Gasteiger partial charge < -0.3 is 14.2 Å². The molecule has 5 nitrogen and oxygen atoms in total. The van der Waals surface area contributed by atoms with Gasteiger partial charge in [0, 0.05) is 42.1 Å². The highest BCUT2D eigenvalue weighted by atomic mass is 16.5. The molecule has 4 aromatic rings. The predicted octanol–water partition coefficient (Wildman–Crippen LogP) is 12.1. The zero-order valence-electron chi connectivity index (χ0n) is 34.4. The van der Waals surface area contributed by atoms with E-state index in [0.717, 1.165) is 75.0 Å². The lowest BCUT2D eigenvalue weighted by Gasteiger charge is -2.21. The van der Waals surface area contributed by atoms with E-state index in [1.807, 2.05) is 13.3 Å². The minimum atomic E-state index is -0.138. The van der Waals surface area contributed by atoms with Gasteiger partial charge in [-0.15, -0.1) is 0 Å². The molecule has 2 saturated carbocycles. The number of carbonyl (C=O) groups is 1. The minimum Gasteiger partial charge on any atom is -0.493 e. The number of rotatable bonds is 11. The Hall–Kier alpha value is -4.22. The number of carbonyl (C=O) groups excluding carboxylic acids is 1. The molecule has 0 saturated heterocycles. The number of allylic oxidation sites excluding steroid dienone is 3. The van der Waals surface area contributed by atoms with E-state index < -0.39 is 0 Å². The number of nitrogens with zero attached hydrogens (tertiary/aromatic N) is 1. The van der Waals surface area contributed by atoms with E-state index in [1.54, 1.807) is 0 Å². The number of aryl methyl sites for hydroxylation is 1. The molecule has 5 unspecified atom stereocenters. The molecule has 296 valence electrons. The molecule has 7 bridgehead atoms. The number of unbranched alkanes of at least 4 members (excludes halogenated alkanes) is 1. The fraction of sp³-hybridized carbons (Fsp3) is 0.490. The monoisotopic (exact) mass is 753 g/mol. The van der Waals surface area contributed by atoms with Gasteiger partial charge in [-0.05, 0) is 140 Å². The van der Waals surface area contributed by atoms with E-state index in [1.165, 1.54) is 63.6 Å². The molecule has 1 aromatic heterocycles. The third-order valence-corrected chi connectivity index (χ3v) is 13.3. The molecule has 7 rings (SSSR count). The first-order valence-electron chi connectivity index (χ1n) is 21.5. The zero-order chi connectivity index (χ0) is 39.1. The van der Waals surface area contributed by atoms with Crippen LogP contribution in [0.3, 0.4) is 0 Å². The van der Waals surface area contributed by atoms with Gasteiger partial charge >= 0.3 is 5.97 Å². The Morgan fingerprint density at radius 3 is 2.71 bits per heavy atom. The van der Waals surface area contributed by atoms with E-state index >= 15 is 0 Å². The number of pyridine rings is 1. The van der Waals surface area contributed by atoms with Crippen LogP contribution in [-0.2, 0) is 40.1 Å². The number of methoxy groups -OCH3 is 1. The van der Waals surface area contributed by atoms with Crippen molar-refractivity contribution in [2.24, 2.45) is 23.2 Å². The second-order valence-electron chi connectivity index (χ2n) is 17.4. The summed E-state index contributed by atoms with van der Waals surface area (Å²) in [4.78, 5) is 17.8. The molecule has 3 aromatic carbocycles. The van der Waals surface area contributed by atoms with Crippen molar-refractivity contribution in [3.05, 3.63) is 131 Å². The van der Waals surface area contributed by atoms with E-state index in [4.69, 9.17) is 19.2 Å². The van der Waals surface area contributed by atoms with Gasteiger partial charge in [-0.25, -0.2) is 0 Å². The molecule has 56 heavy (non-hydrogen) atoms. The SMILES string of the molecule is C=C1CCc2ccc3cnc(cc3c2)CC2CC2(C)COc2cccc(c2)Cc2cc(ccc2COC(=O)CCC/C=C\CC2CC(CC)C[C@@H]2OC)C1CC. The Balaban J connectivity index is 1.04. The van der Waals surface area contributed by atoms with Crippen molar-refractivity contribution in [3.63, 3.8) is 0 Å². The average Bonchev–Trinajstić information content (AvgIpc) is 3.65. The van der Waals surface area contributed by atoms with Crippen LogP contribution >= 0.6 is 0 Å². The lowest BCUT2D eigenvalue weighted by molar-refractivity contribution is -0.145. The zero-order valence-corrected chi connectivity index (χ0v) is 34.4. The van der Waals surface area contributed by atoms with Gasteiger partial charge in [0.15, 0.2) is 0 Å². The van der Waals surface area contributed by atoms with Crippen LogP contribution in [0.1, 0.15) is 124 Å². The van der Waals surface area contributed by atoms with Crippen LogP contribution in [0, 0.1) is 23.2 Å². The maximum absolute atomic E-state index is 13.0. The molecular formula is C51H63NO4. The van der Waals surface area contributed by atoms with Crippen LogP contribution in [0.2, 0.25) is 0 Å². The smallest absolute Gasteiger partial charge is 0.306 e. The second-order valence-corrected chi connectivity index (χ2v) is 17.4. The van der Waals surface area contributed by atoms with Crippen molar-refractivity contribution < 1.29 is 19.0 Å². The Morgan fingerprint density at radius 2 is 1.88 bits per heavy atom. The van der Waals surface area contributed by atoms with Crippen molar-refractivity contribution in [2.45, 2.75) is 123 Å². The summed E-state index contributed by atoms with van der Waals surface area (Å²) in [7, 11) is 1.85. The topological polar surface area (TPSA) is 57.7 Å². The standard InChI is InChI=1S/C51H63NO4/c1-6-36-23-40(49(27-36)54-5)14-10-8-9-11-16-50(53)55-33-42-22-21-39-28-43(42)25-38-13-12-15-47(26-38)56-34-51(4)31-45(51)30-46-29-44-24-37(19-20-41(44)32-52-46)18-17-35(3)48(39)7-2/h8,10,12-13,15,19-22,24,26,28-29,32,36,40,45,48-49H,3,6-7,9,11,14,16-18,23,25,27,30-31,33-34H2,1-2,4-5H3/b10-8-/t36?,40?,45?,48?,49-,51?/m0/s1. The van der Waals surface area contributed by atoms with Crippen LogP contribution in [0.15, 0.2) is 97.2 Å². The molecule has 5 heteroatoms. The van der Waals surface area contributed by atoms with Gasteiger partial charge in [0.05, 0.1) is 12.7 Å². The molecule has 3 aliphatic rings. The fourth-order valence-electron chi connectivity index (χ4n) is 9.43. The van der Waals surface area contributed by atoms with Crippen molar-refractivity contribution in [1.82, 2.24) is 4.98 Å². The van der Waals surface area contributed by atoms with E-state index in [2.05, 4.69) is 106 Å². The predicted molar refractivity (Wildman–Crippen MR) is 228 cm³/mol. The number of aromatic nitrogens is 1. The number of benzene rings is 3. The lowest BCUT2D eigenvalue weighted by Crippen LogP contribution is -2.15. The first kappa shape index (κ1) is 40.0.